The van der Waals surface area contributed by atoms with Crippen LogP contribution in [0, 0.1) is 0 Å². The largest absolute Gasteiger partial charge is 0.388 e. The van der Waals surface area contributed by atoms with E-state index in [1.165, 1.54) is 0 Å². The third-order valence-corrected chi connectivity index (χ3v) is 4.79. The van der Waals surface area contributed by atoms with Gasteiger partial charge in [-0.05, 0) is 16.7 Å². The average molecular weight is 425 g/mol. The zero-order valence-corrected chi connectivity index (χ0v) is 17.5. The molecule has 0 aliphatic rings. The molecular formula is C26H29FO4. The average Bonchev–Trinajstić information content (AvgIpc) is 2.82. The lowest BCUT2D eigenvalue weighted by molar-refractivity contribution is -0.174. The lowest BCUT2D eigenvalue weighted by Crippen LogP contribution is -2.32. The summed E-state index contributed by atoms with van der Waals surface area (Å²) in [6.07, 6.45) is -3.67. The summed E-state index contributed by atoms with van der Waals surface area (Å²) in [6, 6.07) is 28.9. The molecule has 0 saturated carbocycles. The number of alkyl halides is 1. The van der Waals surface area contributed by atoms with Gasteiger partial charge in [-0.15, -0.1) is 0 Å². The Bertz CT molecular complexity index is 802. The van der Waals surface area contributed by atoms with Crippen LogP contribution in [-0.2, 0) is 34.0 Å². The molecule has 0 aliphatic heterocycles. The van der Waals surface area contributed by atoms with Crippen molar-refractivity contribution in [3.05, 3.63) is 108 Å². The van der Waals surface area contributed by atoms with Gasteiger partial charge >= 0.3 is 0 Å². The molecule has 3 aromatic carbocycles. The highest BCUT2D eigenvalue weighted by Crippen LogP contribution is 2.17. The molecule has 0 spiro atoms. The summed E-state index contributed by atoms with van der Waals surface area (Å²) in [4.78, 5) is 0. The van der Waals surface area contributed by atoms with E-state index in [-0.39, 0.29) is 13.0 Å². The first-order chi connectivity index (χ1) is 15.2. The number of hydrogen-bond acceptors (Lipinski definition) is 4. The molecule has 0 amide bonds. The summed E-state index contributed by atoms with van der Waals surface area (Å²) in [5, 5.41) is 10.2. The first-order valence-electron chi connectivity index (χ1n) is 10.5. The highest BCUT2D eigenvalue weighted by molar-refractivity contribution is 5.15. The summed E-state index contributed by atoms with van der Waals surface area (Å²) >= 11 is 0. The van der Waals surface area contributed by atoms with Crippen LogP contribution in [0.25, 0.3) is 0 Å². The van der Waals surface area contributed by atoms with Gasteiger partial charge in [-0.25, -0.2) is 4.39 Å². The summed E-state index contributed by atoms with van der Waals surface area (Å²) < 4.78 is 31.9. The predicted octanol–water partition coefficient (Wildman–Crippen LogP) is 5.05. The fraction of sp³-hybridized carbons (Fsp3) is 0.308. The van der Waals surface area contributed by atoms with E-state index in [0.717, 1.165) is 16.7 Å². The van der Waals surface area contributed by atoms with Gasteiger partial charge in [0, 0.05) is 6.42 Å². The van der Waals surface area contributed by atoms with E-state index in [4.69, 9.17) is 14.2 Å². The van der Waals surface area contributed by atoms with Crippen LogP contribution in [0.5, 0.6) is 0 Å². The van der Waals surface area contributed by atoms with Gasteiger partial charge < -0.3 is 19.3 Å². The molecule has 0 radical (unpaired) electrons. The Labute approximate surface area is 183 Å². The lowest BCUT2D eigenvalue weighted by Gasteiger charge is -2.23. The van der Waals surface area contributed by atoms with Gasteiger partial charge in [0.25, 0.3) is 0 Å². The van der Waals surface area contributed by atoms with Gasteiger partial charge in [0.2, 0.25) is 0 Å². The van der Waals surface area contributed by atoms with Gasteiger partial charge in [-0.2, -0.15) is 0 Å². The molecule has 0 saturated heterocycles. The summed E-state index contributed by atoms with van der Waals surface area (Å²) in [6.45, 7) is 0.824. The van der Waals surface area contributed by atoms with Crippen molar-refractivity contribution in [1.29, 1.82) is 0 Å². The molecule has 3 rings (SSSR count). The Balaban J connectivity index is 1.49. The molecule has 0 aliphatic carbocycles. The van der Waals surface area contributed by atoms with Crippen LogP contribution in [0.2, 0.25) is 0 Å². The normalized spacial score (nSPS) is 13.3. The maximum absolute atomic E-state index is 14.7. The number of hydrogen-bond donors (Lipinski definition) is 1. The number of aliphatic hydroxyl groups excluding tert-OH is 1. The third kappa shape index (κ3) is 8.59. The first kappa shape index (κ1) is 23.1. The molecule has 3 aromatic rings. The number of aliphatic hydroxyl groups is 1. The maximum Gasteiger partial charge on any atom is 0.161 e. The Morgan fingerprint density at radius 2 is 1.06 bits per heavy atom. The zero-order valence-electron chi connectivity index (χ0n) is 17.5. The highest BCUT2D eigenvalue weighted by Gasteiger charge is 2.24. The Morgan fingerprint density at radius 3 is 1.52 bits per heavy atom. The Kier molecular flexibility index (Phi) is 9.67. The van der Waals surface area contributed by atoms with Crippen LogP contribution in [0.1, 0.15) is 23.1 Å². The molecule has 1 N–H and O–H groups in total. The van der Waals surface area contributed by atoms with Gasteiger partial charge in [-0.1, -0.05) is 91.0 Å². The molecule has 5 heteroatoms. The molecular weight excluding hydrogens is 395 g/mol. The monoisotopic (exact) mass is 424 g/mol. The van der Waals surface area contributed by atoms with E-state index in [1.54, 1.807) is 0 Å². The molecule has 2 atom stereocenters. The van der Waals surface area contributed by atoms with Crippen LogP contribution < -0.4 is 0 Å². The molecule has 0 bridgehead atoms. The van der Waals surface area contributed by atoms with Crippen molar-refractivity contribution in [2.24, 2.45) is 0 Å². The van der Waals surface area contributed by atoms with Crippen molar-refractivity contribution in [2.75, 3.05) is 6.61 Å². The number of halogens is 1. The van der Waals surface area contributed by atoms with Crippen LogP contribution >= 0.6 is 0 Å². The van der Waals surface area contributed by atoms with Crippen molar-refractivity contribution in [2.45, 2.75) is 44.8 Å². The SMILES string of the molecule is OC(COCc1ccccc1)C(F)CC(OCc1ccccc1)OCc1ccccc1. The summed E-state index contributed by atoms with van der Waals surface area (Å²) in [7, 11) is 0. The quantitative estimate of drug-likeness (QED) is 0.390. The fourth-order valence-electron chi connectivity index (χ4n) is 3.03. The first-order valence-corrected chi connectivity index (χ1v) is 10.5. The molecule has 164 valence electrons. The van der Waals surface area contributed by atoms with Crippen LogP contribution in [0.4, 0.5) is 4.39 Å². The van der Waals surface area contributed by atoms with Crippen molar-refractivity contribution >= 4 is 0 Å². The Hall–Kier alpha value is -2.57. The zero-order chi connectivity index (χ0) is 21.7. The smallest absolute Gasteiger partial charge is 0.161 e. The van der Waals surface area contributed by atoms with E-state index in [9.17, 15) is 9.50 Å². The van der Waals surface area contributed by atoms with Crippen LogP contribution in [0.3, 0.4) is 0 Å². The number of rotatable bonds is 13. The van der Waals surface area contributed by atoms with E-state index in [2.05, 4.69) is 0 Å². The van der Waals surface area contributed by atoms with Crippen molar-refractivity contribution in [3.63, 3.8) is 0 Å². The molecule has 0 aromatic heterocycles. The van der Waals surface area contributed by atoms with Crippen LogP contribution in [-0.4, -0.2) is 30.3 Å². The van der Waals surface area contributed by atoms with Gasteiger partial charge in [0.1, 0.15) is 12.3 Å². The second-order valence-corrected chi connectivity index (χ2v) is 7.34. The summed E-state index contributed by atoms with van der Waals surface area (Å²) in [5.74, 6) is 0. The lowest BCUT2D eigenvalue weighted by atomic mass is 10.1. The fourth-order valence-corrected chi connectivity index (χ4v) is 3.03. The second kappa shape index (κ2) is 13.0. The number of benzene rings is 3. The molecule has 0 fully saturated rings. The van der Waals surface area contributed by atoms with E-state index >= 15 is 0 Å². The molecule has 0 heterocycles. The minimum absolute atomic E-state index is 0.0878. The minimum atomic E-state index is -1.53. The van der Waals surface area contributed by atoms with E-state index < -0.39 is 18.6 Å². The predicted molar refractivity (Wildman–Crippen MR) is 118 cm³/mol. The highest BCUT2D eigenvalue weighted by atomic mass is 19.1. The Morgan fingerprint density at radius 1 is 0.645 bits per heavy atom. The van der Waals surface area contributed by atoms with Crippen molar-refractivity contribution in [3.8, 4) is 0 Å². The summed E-state index contributed by atoms with van der Waals surface area (Å²) in [5.41, 5.74) is 2.91. The van der Waals surface area contributed by atoms with Gasteiger partial charge in [0.15, 0.2) is 6.29 Å². The topological polar surface area (TPSA) is 47.9 Å². The van der Waals surface area contributed by atoms with Gasteiger partial charge in [-0.3, -0.25) is 0 Å². The van der Waals surface area contributed by atoms with E-state index in [0.29, 0.717) is 19.8 Å². The van der Waals surface area contributed by atoms with Crippen LogP contribution in [0.15, 0.2) is 91.0 Å². The molecule has 4 nitrogen and oxygen atoms in total. The van der Waals surface area contributed by atoms with Gasteiger partial charge in [0.05, 0.1) is 26.4 Å². The molecule has 2 unspecified atom stereocenters. The standard InChI is InChI=1S/C26H29FO4/c27-24(25(28)20-29-17-21-10-4-1-5-11-21)16-26(30-18-22-12-6-2-7-13-22)31-19-23-14-8-3-9-15-23/h1-15,24-26,28H,16-20H2. The third-order valence-electron chi connectivity index (χ3n) is 4.79. The van der Waals surface area contributed by atoms with E-state index in [1.807, 2.05) is 91.0 Å². The number of ether oxygens (including phenoxy) is 3. The second-order valence-electron chi connectivity index (χ2n) is 7.34. The molecule has 31 heavy (non-hydrogen) atoms. The van der Waals surface area contributed by atoms with Crippen molar-refractivity contribution < 1.29 is 23.7 Å². The van der Waals surface area contributed by atoms with Crippen molar-refractivity contribution in [1.82, 2.24) is 0 Å². The maximum atomic E-state index is 14.7. The minimum Gasteiger partial charge on any atom is -0.388 e.